The van der Waals surface area contributed by atoms with Crippen LogP contribution in [-0.2, 0) is 19.5 Å². The molecule has 1 aliphatic rings. The molecule has 1 saturated carbocycles. The molecule has 0 heterocycles. The molecule has 55 heavy (non-hydrogen) atoms. The van der Waals surface area contributed by atoms with Crippen molar-refractivity contribution in [3.8, 4) is 11.1 Å². The zero-order valence-corrected chi connectivity index (χ0v) is 34.4. The monoisotopic (exact) mass is 838 g/mol. The second-order valence-corrected chi connectivity index (χ2v) is 18.4. The van der Waals surface area contributed by atoms with Crippen LogP contribution in [0.3, 0.4) is 0 Å². The minimum absolute atomic E-state index is 0. The van der Waals surface area contributed by atoms with Gasteiger partial charge in [-0.1, -0.05) is 207 Å². The summed E-state index contributed by atoms with van der Waals surface area (Å²) >= 11 is 0. The van der Waals surface area contributed by atoms with Crippen molar-refractivity contribution in [3.05, 3.63) is 194 Å². The maximum atomic E-state index is 5.65. The standard InChI is InChI=1S/C44H32P2.C6H14N2.Ru/c1-5-19-35(20-6-1)45(36-21-7-2-8-22-36)41-31-29-33-17-13-15-27-39(33)43(41)44-40-28-16-14-18-34(40)30-32-42(44)46(37-23-9-3-10-24-37)38-25-11-4-12-26-38;7-5-3-1-2-4-6(5)8;/h1-32H;5-6H,1-4,7-8H2;/t;5-,6-;/m.1./s1. The second-order valence-electron chi connectivity index (χ2n) is 14.0. The number of rotatable bonds is 7. The summed E-state index contributed by atoms with van der Waals surface area (Å²) < 4.78 is 0. The summed E-state index contributed by atoms with van der Waals surface area (Å²) in [5.74, 6) is 0. The first kappa shape index (κ1) is 38.9. The SMILES string of the molecule is N[C@@H]1CCCC[C@H]1N.[Ru].c1ccc(P(c2ccccc2)c2ccc3ccccc3c2-c2c(P(c3ccccc3)c3ccccc3)ccc3ccccc23)cc1. The fourth-order valence-corrected chi connectivity index (χ4v) is 12.7. The average molecular weight is 838 g/mol. The summed E-state index contributed by atoms with van der Waals surface area (Å²) in [7, 11) is -1.70. The predicted molar refractivity (Wildman–Crippen MR) is 239 cm³/mol. The third kappa shape index (κ3) is 8.59. The van der Waals surface area contributed by atoms with Gasteiger partial charge >= 0.3 is 0 Å². The van der Waals surface area contributed by atoms with Crippen LogP contribution in [0.4, 0.5) is 0 Å². The van der Waals surface area contributed by atoms with Crippen molar-refractivity contribution in [2.75, 3.05) is 0 Å². The van der Waals surface area contributed by atoms with E-state index in [0.717, 1.165) is 12.8 Å². The maximum Gasteiger partial charge on any atom is 0.0192 e. The summed E-state index contributed by atoms with van der Waals surface area (Å²) in [6, 6.07) is 72.4. The Kier molecular flexibility index (Phi) is 13.1. The number of hydrogen-bond acceptors (Lipinski definition) is 2. The van der Waals surface area contributed by atoms with Crippen LogP contribution in [0.15, 0.2) is 194 Å². The van der Waals surface area contributed by atoms with Gasteiger partial charge in [0.25, 0.3) is 0 Å². The quantitative estimate of drug-likeness (QED) is 0.124. The molecule has 0 radical (unpaired) electrons. The summed E-state index contributed by atoms with van der Waals surface area (Å²) in [6.45, 7) is 0. The zero-order valence-electron chi connectivity index (χ0n) is 30.9. The topological polar surface area (TPSA) is 52.0 Å². The van der Waals surface area contributed by atoms with Crippen LogP contribution in [0.1, 0.15) is 25.7 Å². The van der Waals surface area contributed by atoms with Crippen LogP contribution in [-0.4, -0.2) is 12.1 Å². The Labute approximate surface area is 341 Å². The Bertz CT molecular complexity index is 2190. The fraction of sp³-hybridized carbons (Fsp3) is 0.120. The predicted octanol–water partition coefficient (Wildman–Crippen LogP) is 9.39. The third-order valence-electron chi connectivity index (χ3n) is 10.5. The molecule has 0 saturated heterocycles. The molecule has 4 N–H and O–H groups in total. The molecule has 0 unspecified atom stereocenters. The first-order valence-corrected chi connectivity index (χ1v) is 21.7. The maximum absolute atomic E-state index is 5.65. The van der Waals surface area contributed by atoms with E-state index in [2.05, 4.69) is 194 Å². The summed E-state index contributed by atoms with van der Waals surface area (Å²) in [5.41, 5.74) is 14.0. The summed E-state index contributed by atoms with van der Waals surface area (Å²) in [6.07, 6.45) is 4.80. The zero-order chi connectivity index (χ0) is 36.7. The normalized spacial score (nSPS) is 15.3. The number of fused-ring (bicyclic) bond motifs is 2. The van der Waals surface area contributed by atoms with E-state index in [1.165, 1.54) is 77.3 Å². The van der Waals surface area contributed by atoms with Gasteiger partial charge in [-0.05, 0) is 93.2 Å². The molecule has 8 aromatic carbocycles. The smallest absolute Gasteiger partial charge is 0.0192 e. The Balaban J connectivity index is 0.000000462. The third-order valence-corrected chi connectivity index (χ3v) is 15.4. The van der Waals surface area contributed by atoms with E-state index in [1.54, 1.807) is 0 Å². The molecular formula is C50H46N2P2Ru. The van der Waals surface area contributed by atoms with Gasteiger partial charge in [-0.25, -0.2) is 0 Å². The van der Waals surface area contributed by atoms with Gasteiger partial charge < -0.3 is 11.5 Å². The van der Waals surface area contributed by atoms with Gasteiger partial charge in [0.15, 0.2) is 0 Å². The number of nitrogens with two attached hydrogens (primary N) is 2. The molecule has 0 spiro atoms. The van der Waals surface area contributed by atoms with Crippen molar-refractivity contribution in [1.29, 1.82) is 0 Å². The van der Waals surface area contributed by atoms with Gasteiger partial charge in [0.1, 0.15) is 0 Å². The minimum atomic E-state index is -0.852. The van der Waals surface area contributed by atoms with Crippen molar-refractivity contribution in [1.82, 2.24) is 0 Å². The van der Waals surface area contributed by atoms with Crippen molar-refractivity contribution >= 4 is 69.2 Å². The van der Waals surface area contributed by atoms with Crippen molar-refractivity contribution in [2.24, 2.45) is 11.5 Å². The fourth-order valence-electron chi connectivity index (χ4n) is 7.77. The first-order valence-electron chi connectivity index (χ1n) is 19.0. The minimum Gasteiger partial charge on any atom is -0.326 e. The Morgan fingerprint density at radius 3 is 0.945 bits per heavy atom. The molecule has 8 aromatic rings. The molecular weight excluding hydrogens is 792 g/mol. The molecule has 1 aliphatic carbocycles. The second kappa shape index (κ2) is 18.5. The van der Waals surface area contributed by atoms with Gasteiger partial charge in [-0.2, -0.15) is 0 Å². The summed E-state index contributed by atoms with van der Waals surface area (Å²) in [5, 5.41) is 13.3. The van der Waals surface area contributed by atoms with Gasteiger partial charge in [0, 0.05) is 31.6 Å². The van der Waals surface area contributed by atoms with Gasteiger partial charge in [0.05, 0.1) is 0 Å². The van der Waals surface area contributed by atoms with E-state index in [4.69, 9.17) is 11.5 Å². The molecule has 5 heteroatoms. The van der Waals surface area contributed by atoms with Crippen molar-refractivity contribution in [3.63, 3.8) is 0 Å². The van der Waals surface area contributed by atoms with E-state index in [-0.39, 0.29) is 31.6 Å². The van der Waals surface area contributed by atoms with Crippen LogP contribution in [0, 0.1) is 0 Å². The number of hydrogen-bond donors (Lipinski definition) is 2. The molecule has 0 bridgehead atoms. The first-order chi connectivity index (χ1) is 26.7. The van der Waals surface area contributed by atoms with Crippen LogP contribution >= 0.6 is 15.8 Å². The van der Waals surface area contributed by atoms with Gasteiger partial charge in [-0.15, -0.1) is 0 Å². The van der Waals surface area contributed by atoms with Gasteiger partial charge in [-0.3, -0.25) is 0 Å². The average Bonchev–Trinajstić information content (AvgIpc) is 3.24. The molecule has 274 valence electrons. The van der Waals surface area contributed by atoms with Crippen molar-refractivity contribution < 1.29 is 19.5 Å². The van der Waals surface area contributed by atoms with Crippen LogP contribution < -0.4 is 43.3 Å². The van der Waals surface area contributed by atoms with E-state index in [0.29, 0.717) is 0 Å². The van der Waals surface area contributed by atoms with Crippen molar-refractivity contribution in [2.45, 2.75) is 37.8 Å². The summed E-state index contributed by atoms with van der Waals surface area (Å²) in [4.78, 5) is 0. The number of benzene rings is 8. The van der Waals surface area contributed by atoms with Crippen LogP contribution in [0.2, 0.25) is 0 Å². The van der Waals surface area contributed by atoms with Crippen LogP contribution in [0.25, 0.3) is 32.7 Å². The molecule has 9 rings (SSSR count). The molecule has 1 fully saturated rings. The molecule has 0 aromatic heterocycles. The largest absolute Gasteiger partial charge is 0.326 e. The van der Waals surface area contributed by atoms with E-state index in [1.807, 2.05) is 0 Å². The molecule has 2 nitrogen and oxygen atoms in total. The molecule has 2 atom stereocenters. The molecule has 0 amide bonds. The Morgan fingerprint density at radius 1 is 0.345 bits per heavy atom. The Morgan fingerprint density at radius 2 is 0.636 bits per heavy atom. The van der Waals surface area contributed by atoms with E-state index >= 15 is 0 Å². The Hall–Kier alpha value is -4.32. The van der Waals surface area contributed by atoms with Crippen LogP contribution in [0.5, 0.6) is 0 Å². The van der Waals surface area contributed by atoms with Gasteiger partial charge in [0.2, 0.25) is 0 Å². The van der Waals surface area contributed by atoms with E-state index < -0.39 is 15.8 Å². The molecule has 0 aliphatic heterocycles. The van der Waals surface area contributed by atoms with E-state index in [9.17, 15) is 0 Å².